The van der Waals surface area contributed by atoms with E-state index in [1.165, 1.54) is 11.8 Å². The van der Waals surface area contributed by atoms with Gasteiger partial charge in [0, 0.05) is 35.7 Å². The third-order valence-electron chi connectivity index (χ3n) is 4.18. The smallest absolute Gasteiger partial charge is 0.254 e. The highest BCUT2D eigenvalue weighted by Gasteiger charge is 2.27. The van der Waals surface area contributed by atoms with Gasteiger partial charge in [0.25, 0.3) is 5.56 Å². The number of anilines is 1. The molecule has 0 radical (unpaired) electrons. The minimum Gasteiger partial charge on any atom is -0.454 e. The number of carbonyl (C=O) groups excluding carboxylic acids is 1. The van der Waals surface area contributed by atoms with Gasteiger partial charge in [-0.2, -0.15) is 0 Å². The van der Waals surface area contributed by atoms with E-state index in [-0.39, 0.29) is 30.7 Å². The third kappa shape index (κ3) is 3.09. The van der Waals surface area contributed by atoms with Crippen LogP contribution >= 0.6 is 11.8 Å². The molecule has 130 valence electrons. The van der Waals surface area contributed by atoms with Crippen LogP contribution in [0.2, 0.25) is 0 Å². The van der Waals surface area contributed by atoms with Crippen molar-refractivity contribution in [2.45, 2.75) is 31.0 Å². The van der Waals surface area contributed by atoms with Crippen LogP contribution in [0, 0.1) is 0 Å². The Morgan fingerprint density at radius 2 is 2.20 bits per heavy atom. The van der Waals surface area contributed by atoms with Crippen molar-refractivity contribution in [3.05, 3.63) is 40.3 Å². The van der Waals surface area contributed by atoms with E-state index in [1.54, 1.807) is 28.8 Å². The summed E-state index contributed by atoms with van der Waals surface area (Å²) >= 11 is 1.52. The Kier molecular flexibility index (Phi) is 4.12. The summed E-state index contributed by atoms with van der Waals surface area (Å²) in [6, 6.07) is 6.64. The fourth-order valence-corrected chi connectivity index (χ4v) is 4.10. The molecular formula is C17H17N3O4S. The molecule has 3 heterocycles. The second-order valence-corrected chi connectivity index (χ2v) is 6.86. The van der Waals surface area contributed by atoms with Gasteiger partial charge in [0.05, 0.1) is 6.04 Å². The lowest BCUT2D eigenvalue weighted by Crippen LogP contribution is -2.27. The van der Waals surface area contributed by atoms with E-state index in [0.717, 1.165) is 12.1 Å². The van der Waals surface area contributed by atoms with E-state index in [9.17, 15) is 9.59 Å². The van der Waals surface area contributed by atoms with E-state index in [4.69, 9.17) is 9.47 Å². The van der Waals surface area contributed by atoms with Crippen LogP contribution in [0.3, 0.4) is 0 Å². The molecule has 2 aromatic rings. The van der Waals surface area contributed by atoms with Gasteiger partial charge in [0.15, 0.2) is 16.7 Å². The summed E-state index contributed by atoms with van der Waals surface area (Å²) in [7, 11) is 0. The van der Waals surface area contributed by atoms with Crippen molar-refractivity contribution in [3.8, 4) is 11.5 Å². The van der Waals surface area contributed by atoms with E-state index < -0.39 is 0 Å². The van der Waals surface area contributed by atoms with Crippen molar-refractivity contribution >= 4 is 23.4 Å². The molecule has 8 heteroatoms. The van der Waals surface area contributed by atoms with E-state index >= 15 is 0 Å². The Morgan fingerprint density at radius 1 is 1.36 bits per heavy atom. The van der Waals surface area contributed by atoms with Crippen molar-refractivity contribution in [3.63, 3.8) is 0 Å². The number of aromatic nitrogens is 2. The first-order valence-electron chi connectivity index (χ1n) is 8.09. The first-order chi connectivity index (χ1) is 12.1. The second kappa shape index (κ2) is 6.44. The van der Waals surface area contributed by atoms with Crippen LogP contribution < -0.4 is 20.3 Å². The molecule has 1 atom stereocenters. The maximum Gasteiger partial charge on any atom is 0.254 e. The van der Waals surface area contributed by atoms with Gasteiger partial charge in [-0.25, -0.2) is 4.98 Å². The summed E-state index contributed by atoms with van der Waals surface area (Å²) in [5.74, 6) is 1.81. The highest BCUT2D eigenvalue weighted by Crippen LogP contribution is 2.35. The maximum atomic E-state index is 12.4. The number of amides is 1. The van der Waals surface area contributed by atoms with Crippen LogP contribution in [-0.4, -0.2) is 28.0 Å². The molecule has 1 aromatic carbocycles. The summed E-state index contributed by atoms with van der Waals surface area (Å²) in [4.78, 5) is 29.2. The zero-order valence-corrected chi connectivity index (χ0v) is 14.5. The van der Waals surface area contributed by atoms with Crippen molar-refractivity contribution in [2.24, 2.45) is 0 Å². The average Bonchev–Trinajstić information content (AvgIpc) is 3.21. The molecule has 0 aliphatic carbocycles. The standard InChI is InChI=1S/C17H17N3O4S/c1-2-10-6-16(22)20-12(8-25-17(20)19-10)7-15(21)18-11-3-4-13-14(5-11)24-9-23-13/h3-6,12H,2,7-9H2,1H3,(H,18,21). The monoisotopic (exact) mass is 359 g/mol. The van der Waals surface area contributed by atoms with Crippen LogP contribution in [0.1, 0.15) is 25.1 Å². The number of nitrogens with zero attached hydrogens (tertiary/aromatic N) is 2. The van der Waals surface area contributed by atoms with Gasteiger partial charge in [-0.1, -0.05) is 18.7 Å². The number of hydrogen-bond acceptors (Lipinski definition) is 6. The number of benzene rings is 1. The fraction of sp³-hybridized carbons (Fsp3) is 0.353. The zero-order valence-electron chi connectivity index (χ0n) is 13.7. The lowest BCUT2D eigenvalue weighted by molar-refractivity contribution is -0.116. The largest absolute Gasteiger partial charge is 0.454 e. The highest BCUT2D eigenvalue weighted by molar-refractivity contribution is 7.99. The zero-order chi connectivity index (χ0) is 17.4. The molecule has 2 aliphatic rings. The first-order valence-corrected chi connectivity index (χ1v) is 9.07. The van der Waals surface area contributed by atoms with Crippen LogP contribution in [0.25, 0.3) is 0 Å². The molecule has 25 heavy (non-hydrogen) atoms. The average molecular weight is 359 g/mol. The van der Waals surface area contributed by atoms with Gasteiger partial charge >= 0.3 is 0 Å². The minimum atomic E-state index is -0.181. The first kappa shape index (κ1) is 16.0. The second-order valence-electron chi connectivity index (χ2n) is 5.88. The van der Waals surface area contributed by atoms with Crippen molar-refractivity contribution < 1.29 is 14.3 Å². The lowest BCUT2D eigenvalue weighted by Gasteiger charge is -2.13. The molecule has 1 aromatic heterocycles. The molecule has 0 fully saturated rings. The summed E-state index contributed by atoms with van der Waals surface area (Å²) in [6.45, 7) is 2.16. The molecule has 0 spiro atoms. The number of fused-ring (bicyclic) bond motifs is 2. The molecule has 2 aliphatic heterocycles. The number of aryl methyl sites for hydroxylation is 1. The van der Waals surface area contributed by atoms with E-state index in [1.807, 2.05) is 6.92 Å². The van der Waals surface area contributed by atoms with Crippen LogP contribution in [-0.2, 0) is 11.2 Å². The van der Waals surface area contributed by atoms with E-state index in [0.29, 0.717) is 28.1 Å². The van der Waals surface area contributed by atoms with Gasteiger partial charge < -0.3 is 14.8 Å². The molecule has 1 N–H and O–H groups in total. The van der Waals surface area contributed by atoms with Gasteiger partial charge in [-0.05, 0) is 18.6 Å². The predicted octanol–water partition coefficient (Wildman–Crippen LogP) is 2.21. The Labute approximate surface area is 148 Å². The lowest BCUT2D eigenvalue weighted by atomic mass is 10.2. The molecule has 1 amide bonds. The summed E-state index contributed by atoms with van der Waals surface area (Å²) < 4.78 is 12.2. The molecule has 1 unspecified atom stereocenters. The van der Waals surface area contributed by atoms with Crippen LogP contribution in [0.15, 0.2) is 34.2 Å². The van der Waals surface area contributed by atoms with Crippen molar-refractivity contribution in [1.29, 1.82) is 0 Å². The molecule has 4 rings (SSSR count). The predicted molar refractivity (Wildman–Crippen MR) is 93.4 cm³/mol. The number of carbonyl (C=O) groups is 1. The number of ether oxygens (including phenoxy) is 2. The van der Waals surface area contributed by atoms with Gasteiger partial charge in [0.2, 0.25) is 12.7 Å². The quantitative estimate of drug-likeness (QED) is 0.843. The maximum absolute atomic E-state index is 12.4. The molecular weight excluding hydrogens is 342 g/mol. The number of hydrogen-bond donors (Lipinski definition) is 1. The molecule has 7 nitrogen and oxygen atoms in total. The molecule has 0 saturated carbocycles. The number of nitrogens with one attached hydrogen (secondary N) is 1. The summed E-state index contributed by atoms with van der Waals surface area (Å²) in [5, 5.41) is 3.55. The van der Waals surface area contributed by atoms with Gasteiger partial charge in [0.1, 0.15) is 0 Å². The van der Waals surface area contributed by atoms with E-state index in [2.05, 4.69) is 10.3 Å². The molecule has 0 bridgehead atoms. The Morgan fingerprint density at radius 3 is 3.04 bits per heavy atom. The SMILES string of the molecule is CCc1cc(=O)n2c(n1)SCC2CC(=O)Nc1ccc2c(c1)OCO2. The van der Waals surface area contributed by atoms with Crippen LogP contribution in [0.4, 0.5) is 5.69 Å². The number of thioether (sulfide) groups is 1. The minimum absolute atomic E-state index is 0.0901. The van der Waals surface area contributed by atoms with Crippen LogP contribution in [0.5, 0.6) is 11.5 Å². The Bertz CT molecular complexity index is 896. The fourth-order valence-electron chi connectivity index (χ4n) is 2.93. The summed E-state index contributed by atoms with van der Waals surface area (Å²) in [5.41, 5.74) is 1.34. The van der Waals surface area contributed by atoms with Gasteiger partial charge in [-0.15, -0.1) is 0 Å². The van der Waals surface area contributed by atoms with Crippen molar-refractivity contribution in [1.82, 2.24) is 9.55 Å². The Hall–Kier alpha value is -2.48. The van der Waals surface area contributed by atoms with Crippen molar-refractivity contribution in [2.75, 3.05) is 17.9 Å². The van der Waals surface area contributed by atoms with Gasteiger partial charge in [-0.3, -0.25) is 14.2 Å². The normalized spacial score (nSPS) is 17.4. The third-order valence-corrected chi connectivity index (χ3v) is 5.28. The molecule has 0 saturated heterocycles. The summed E-state index contributed by atoms with van der Waals surface area (Å²) in [6.07, 6.45) is 0.945. The number of rotatable bonds is 4. The Balaban J connectivity index is 1.47. The topological polar surface area (TPSA) is 82.5 Å². The highest BCUT2D eigenvalue weighted by atomic mass is 32.2.